The molecule has 1 aromatic rings. The topological polar surface area (TPSA) is 51.5 Å². The molecule has 1 amide bonds. The van der Waals surface area contributed by atoms with E-state index in [1.54, 1.807) is 0 Å². The predicted octanol–water partition coefficient (Wildman–Crippen LogP) is 2.61. The van der Waals surface area contributed by atoms with Crippen LogP contribution in [0, 0.1) is 6.92 Å². The molecule has 84 valence electrons. The van der Waals surface area contributed by atoms with E-state index in [0.717, 1.165) is 11.5 Å². The molecule has 0 radical (unpaired) electrons. The third-order valence-electron chi connectivity index (χ3n) is 1.60. The van der Waals surface area contributed by atoms with Gasteiger partial charge in [0.25, 0.3) is 0 Å². The van der Waals surface area contributed by atoms with Crippen LogP contribution in [0.25, 0.3) is 0 Å². The molecule has 0 aliphatic heterocycles. The van der Waals surface area contributed by atoms with Crippen molar-refractivity contribution in [1.82, 2.24) is 5.32 Å². The van der Waals surface area contributed by atoms with Crippen molar-refractivity contribution in [3.63, 3.8) is 0 Å². The molecule has 1 aromatic heterocycles. The zero-order valence-corrected chi connectivity index (χ0v) is 9.59. The summed E-state index contributed by atoms with van der Waals surface area (Å²) in [4.78, 5) is 11.3. The quantitative estimate of drug-likeness (QED) is 0.818. The fourth-order valence-electron chi connectivity index (χ4n) is 1.05. The Morgan fingerprint density at radius 1 is 1.47 bits per heavy atom. The lowest BCUT2D eigenvalue weighted by Gasteiger charge is -2.19. The van der Waals surface area contributed by atoms with Gasteiger partial charge in [0.2, 0.25) is 0 Å². The largest absolute Gasteiger partial charge is 0.465 e. The Morgan fingerprint density at radius 2 is 2.13 bits per heavy atom. The van der Waals surface area contributed by atoms with E-state index in [0.29, 0.717) is 6.54 Å². The lowest BCUT2D eigenvalue weighted by Crippen LogP contribution is -2.32. The van der Waals surface area contributed by atoms with Crippen molar-refractivity contribution in [2.45, 2.75) is 39.8 Å². The summed E-state index contributed by atoms with van der Waals surface area (Å²) in [6.07, 6.45) is -0.434. The van der Waals surface area contributed by atoms with Gasteiger partial charge in [0.1, 0.15) is 17.1 Å². The average Bonchev–Trinajstić information content (AvgIpc) is 2.45. The monoisotopic (exact) mass is 211 g/mol. The Morgan fingerprint density at radius 3 is 2.60 bits per heavy atom. The van der Waals surface area contributed by atoms with Crippen LogP contribution < -0.4 is 5.32 Å². The van der Waals surface area contributed by atoms with Gasteiger partial charge in [-0.3, -0.25) is 0 Å². The zero-order chi connectivity index (χ0) is 11.5. The molecule has 1 N–H and O–H groups in total. The molecule has 0 fully saturated rings. The first-order chi connectivity index (χ1) is 6.87. The lowest BCUT2D eigenvalue weighted by molar-refractivity contribution is 0.0519. The van der Waals surface area contributed by atoms with Gasteiger partial charge in [0.05, 0.1) is 6.54 Å². The van der Waals surface area contributed by atoms with Gasteiger partial charge in [0.15, 0.2) is 0 Å². The molecule has 1 heterocycles. The number of rotatable bonds is 2. The van der Waals surface area contributed by atoms with Gasteiger partial charge < -0.3 is 14.5 Å². The van der Waals surface area contributed by atoms with E-state index in [1.807, 2.05) is 39.8 Å². The molecule has 0 unspecified atom stereocenters. The fraction of sp³-hybridized carbons (Fsp3) is 0.545. The second-order valence-corrected chi connectivity index (χ2v) is 4.37. The van der Waals surface area contributed by atoms with Crippen molar-refractivity contribution in [1.29, 1.82) is 0 Å². The van der Waals surface area contributed by atoms with Crippen LogP contribution in [0.15, 0.2) is 16.5 Å². The lowest BCUT2D eigenvalue weighted by atomic mass is 10.2. The number of carbonyl (C=O) groups excluding carboxylic acids is 1. The van der Waals surface area contributed by atoms with E-state index in [9.17, 15) is 4.79 Å². The van der Waals surface area contributed by atoms with Crippen LogP contribution in [0.1, 0.15) is 32.3 Å². The van der Waals surface area contributed by atoms with Crippen molar-refractivity contribution >= 4 is 6.09 Å². The SMILES string of the molecule is Cc1ccc(CNC(=O)OC(C)(C)C)o1. The molecule has 4 heteroatoms. The Bertz CT molecular complexity index is 336. The summed E-state index contributed by atoms with van der Waals surface area (Å²) >= 11 is 0. The minimum atomic E-state index is -0.469. The van der Waals surface area contributed by atoms with Crippen LogP contribution in [0.5, 0.6) is 0 Å². The molecule has 4 nitrogen and oxygen atoms in total. The van der Waals surface area contributed by atoms with Gasteiger partial charge in [-0.1, -0.05) is 0 Å². The molecule has 0 saturated carbocycles. The minimum absolute atomic E-state index is 0.350. The highest BCUT2D eigenvalue weighted by Crippen LogP contribution is 2.08. The van der Waals surface area contributed by atoms with Gasteiger partial charge in [-0.2, -0.15) is 0 Å². The maximum Gasteiger partial charge on any atom is 0.408 e. The Hall–Kier alpha value is -1.45. The Kier molecular flexibility index (Phi) is 3.39. The minimum Gasteiger partial charge on any atom is -0.465 e. The van der Waals surface area contributed by atoms with Gasteiger partial charge in [0, 0.05) is 0 Å². The summed E-state index contributed by atoms with van der Waals surface area (Å²) in [6.45, 7) is 7.68. The van der Waals surface area contributed by atoms with E-state index in [-0.39, 0.29) is 0 Å². The molecular formula is C11H17NO3. The molecule has 0 aliphatic carbocycles. The number of carbonyl (C=O) groups is 1. The second kappa shape index (κ2) is 4.38. The highest BCUT2D eigenvalue weighted by atomic mass is 16.6. The van der Waals surface area contributed by atoms with Crippen molar-refractivity contribution in [3.05, 3.63) is 23.7 Å². The summed E-state index contributed by atoms with van der Waals surface area (Å²) in [5.41, 5.74) is -0.469. The van der Waals surface area contributed by atoms with Crippen molar-refractivity contribution in [2.24, 2.45) is 0 Å². The number of aryl methyl sites for hydroxylation is 1. The molecule has 1 rings (SSSR count). The first kappa shape index (κ1) is 11.6. The average molecular weight is 211 g/mol. The summed E-state index contributed by atoms with van der Waals surface area (Å²) in [5, 5.41) is 2.61. The van der Waals surface area contributed by atoms with E-state index in [1.165, 1.54) is 0 Å². The van der Waals surface area contributed by atoms with Crippen LogP contribution in [0.4, 0.5) is 4.79 Å². The Balaban J connectivity index is 2.35. The first-order valence-corrected chi connectivity index (χ1v) is 4.89. The number of nitrogens with one attached hydrogen (secondary N) is 1. The molecule has 15 heavy (non-hydrogen) atoms. The molecule has 0 bridgehead atoms. The van der Waals surface area contributed by atoms with Gasteiger partial charge in [-0.15, -0.1) is 0 Å². The van der Waals surface area contributed by atoms with E-state index < -0.39 is 11.7 Å². The number of furan rings is 1. The molecule has 0 saturated heterocycles. The molecular weight excluding hydrogens is 194 g/mol. The third-order valence-corrected chi connectivity index (χ3v) is 1.60. The number of amides is 1. The second-order valence-electron chi connectivity index (χ2n) is 4.37. The molecule has 0 aromatic carbocycles. The standard InChI is InChI=1S/C11H17NO3/c1-8-5-6-9(14-8)7-12-10(13)15-11(2,3)4/h5-6H,7H2,1-4H3,(H,12,13). The summed E-state index contributed by atoms with van der Waals surface area (Å²) < 4.78 is 10.4. The van der Waals surface area contributed by atoms with Crippen LogP contribution in [-0.2, 0) is 11.3 Å². The van der Waals surface area contributed by atoms with Gasteiger partial charge in [-0.25, -0.2) is 4.79 Å². The summed E-state index contributed by atoms with van der Waals surface area (Å²) in [5.74, 6) is 1.55. The third kappa shape index (κ3) is 4.54. The van der Waals surface area contributed by atoms with Crippen LogP contribution in [0.3, 0.4) is 0 Å². The summed E-state index contributed by atoms with van der Waals surface area (Å²) in [7, 11) is 0. The Labute approximate surface area is 89.6 Å². The van der Waals surface area contributed by atoms with Gasteiger partial charge >= 0.3 is 6.09 Å². The van der Waals surface area contributed by atoms with E-state index in [2.05, 4.69) is 5.32 Å². The number of hydrogen-bond donors (Lipinski definition) is 1. The highest BCUT2D eigenvalue weighted by molar-refractivity contribution is 5.67. The van der Waals surface area contributed by atoms with Crippen LogP contribution in [-0.4, -0.2) is 11.7 Å². The number of hydrogen-bond acceptors (Lipinski definition) is 3. The van der Waals surface area contributed by atoms with Crippen molar-refractivity contribution < 1.29 is 13.9 Å². The maximum absolute atomic E-state index is 11.3. The van der Waals surface area contributed by atoms with Crippen molar-refractivity contribution in [3.8, 4) is 0 Å². The predicted molar refractivity (Wildman–Crippen MR) is 56.5 cm³/mol. The smallest absolute Gasteiger partial charge is 0.408 e. The maximum atomic E-state index is 11.3. The highest BCUT2D eigenvalue weighted by Gasteiger charge is 2.15. The first-order valence-electron chi connectivity index (χ1n) is 4.89. The molecule has 0 atom stereocenters. The fourth-order valence-corrected chi connectivity index (χ4v) is 1.05. The molecule has 0 spiro atoms. The van der Waals surface area contributed by atoms with Crippen LogP contribution >= 0.6 is 0 Å². The van der Waals surface area contributed by atoms with Crippen LogP contribution in [0.2, 0.25) is 0 Å². The summed E-state index contributed by atoms with van der Waals surface area (Å²) in [6, 6.07) is 3.68. The van der Waals surface area contributed by atoms with Crippen molar-refractivity contribution in [2.75, 3.05) is 0 Å². The normalized spacial score (nSPS) is 11.2. The van der Waals surface area contributed by atoms with E-state index in [4.69, 9.17) is 9.15 Å². The van der Waals surface area contributed by atoms with E-state index >= 15 is 0 Å². The van der Waals surface area contributed by atoms with Gasteiger partial charge in [-0.05, 0) is 39.8 Å². The number of ether oxygens (including phenoxy) is 1. The molecule has 0 aliphatic rings. The number of alkyl carbamates (subject to hydrolysis) is 1. The zero-order valence-electron chi connectivity index (χ0n) is 9.59.